The zero-order valence-electron chi connectivity index (χ0n) is 16.7. The Balaban J connectivity index is 2.24. The maximum Gasteiger partial charge on any atom is 0.336 e. The Labute approximate surface area is 163 Å². The number of rotatable bonds is 12. The second kappa shape index (κ2) is 11.4. The number of ether oxygens (including phenoxy) is 1. The molecule has 1 N–H and O–H groups in total. The van der Waals surface area contributed by atoms with E-state index in [1.807, 2.05) is 36.4 Å². The van der Waals surface area contributed by atoms with Gasteiger partial charge in [-0.3, -0.25) is 0 Å². The summed E-state index contributed by atoms with van der Waals surface area (Å²) in [5.74, 6) is -0.140. The number of unbranched alkanes of at least 4 members (excludes halogenated alkanes) is 5. The van der Waals surface area contributed by atoms with Crippen molar-refractivity contribution in [2.45, 2.75) is 65.2 Å². The fourth-order valence-electron chi connectivity index (χ4n) is 3.39. The average Bonchev–Trinajstić information content (AvgIpc) is 2.68. The first-order valence-corrected chi connectivity index (χ1v) is 10.3. The highest BCUT2D eigenvalue weighted by atomic mass is 16.5. The molecule has 146 valence electrons. The summed E-state index contributed by atoms with van der Waals surface area (Å²) >= 11 is 0. The van der Waals surface area contributed by atoms with Gasteiger partial charge in [0.15, 0.2) is 0 Å². The molecule has 0 bridgehead atoms. The molecule has 0 amide bonds. The minimum Gasteiger partial charge on any atom is -0.493 e. The molecule has 0 unspecified atom stereocenters. The molecule has 0 atom stereocenters. The van der Waals surface area contributed by atoms with E-state index in [9.17, 15) is 9.90 Å². The Bertz CT molecular complexity index is 707. The number of benzene rings is 2. The van der Waals surface area contributed by atoms with Gasteiger partial charge in [0.1, 0.15) is 5.75 Å². The molecule has 2 rings (SSSR count). The fraction of sp³-hybridized carbons (Fsp3) is 0.458. The lowest BCUT2D eigenvalue weighted by atomic mass is 9.94. The molecular weight excluding hydrogens is 336 g/mol. The summed E-state index contributed by atoms with van der Waals surface area (Å²) in [6.45, 7) is 4.92. The van der Waals surface area contributed by atoms with Crippen molar-refractivity contribution >= 4 is 5.97 Å². The summed E-state index contributed by atoms with van der Waals surface area (Å²) in [5.41, 5.74) is 3.21. The smallest absolute Gasteiger partial charge is 0.336 e. The number of aromatic carboxylic acids is 1. The first-order valence-electron chi connectivity index (χ1n) is 10.3. The highest BCUT2D eigenvalue weighted by Gasteiger charge is 2.19. The Morgan fingerprint density at radius 2 is 1.59 bits per heavy atom. The van der Waals surface area contributed by atoms with Crippen LogP contribution < -0.4 is 4.74 Å². The average molecular weight is 369 g/mol. The molecule has 2 aromatic rings. The van der Waals surface area contributed by atoms with Gasteiger partial charge in [-0.05, 0) is 30.5 Å². The number of carboxylic acid groups (broad SMARTS) is 1. The van der Waals surface area contributed by atoms with E-state index in [4.69, 9.17) is 4.74 Å². The maximum atomic E-state index is 11.7. The Hall–Kier alpha value is -2.29. The predicted molar refractivity (Wildman–Crippen MR) is 112 cm³/mol. The number of hydrogen-bond acceptors (Lipinski definition) is 2. The molecule has 0 saturated carbocycles. The van der Waals surface area contributed by atoms with Crippen LogP contribution in [0.1, 0.15) is 74.7 Å². The summed E-state index contributed by atoms with van der Waals surface area (Å²) in [7, 11) is 0. The molecule has 0 aliphatic heterocycles. The van der Waals surface area contributed by atoms with Gasteiger partial charge in [0, 0.05) is 11.1 Å². The second-order valence-corrected chi connectivity index (χ2v) is 7.01. The summed E-state index contributed by atoms with van der Waals surface area (Å²) in [6, 6.07) is 13.7. The lowest BCUT2D eigenvalue weighted by molar-refractivity contribution is 0.0695. The SMILES string of the molecule is CCCCCCCCOc1c(-c2ccccc2)ccc(C(=O)O)c1CCC. The van der Waals surface area contributed by atoms with Crippen LogP contribution in [-0.2, 0) is 6.42 Å². The summed E-state index contributed by atoms with van der Waals surface area (Å²) in [6.07, 6.45) is 8.80. The molecule has 0 aliphatic carbocycles. The van der Waals surface area contributed by atoms with Gasteiger partial charge in [-0.2, -0.15) is 0 Å². The van der Waals surface area contributed by atoms with Gasteiger partial charge in [0.2, 0.25) is 0 Å². The van der Waals surface area contributed by atoms with E-state index in [0.717, 1.165) is 41.7 Å². The topological polar surface area (TPSA) is 46.5 Å². The number of carboxylic acids is 1. The van der Waals surface area contributed by atoms with Gasteiger partial charge >= 0.3 is 5.97 Å². The standard InChI is InChI=1S/C24H32O3/c1-3-5-6-7-8-12-18-27-23-20(19-14-10-9-11-15-19)16-17-22(24(25)26)21(23)13-4-2/h9-11,14-17H,3-8,12-13,18H2,1-2H3,(H,25,26). The summed E-state index contributed by atoms with van der Waals surface area (Å²) in [4.78, 5) is 11.7. The molecule has 0 aliphatic rings. The van der Waals surface area contributed by atoms with Gasteiger partial charge in [-0.1, -0.05) is 82.7 Å². The molecule has 3 nitrogen and oxygen atoms in total. The molecule has 3 heteroatoms. The highest BCUT2D eigenvalue weighted by Crippen LogP contribution is 2.36. The fourth-order valence-corrected chi connectivity index (χ4v) is 3.39. The van der Waals surface area contributed by atoms with E-state index in [1.54, 1.807) is 6.07 Å². The lowest BCUT2D eigenvalue weighted by Gasteiger charge is -2.18. The van der Waals surface area contributed by atoms with Crippen molar-refractivity contribution in [2.75, 3.05) is 6.61 Å². The quantitative estimate of drug-likeness (QED) is 0.422. The zero-order valence-corrected chi connectivity index (χ0v) is 16.7. The highest BCUT2D eigenvalue weighted by molar-refractivity contribution is 5.92. The maximum absolute atomic E-state index is 11.7. The van der Waals surface area contributed by atoms with Crippen molar-refractivity contribution in [1.29, 1.82) is 0 Å². The number of carbonyl (C=O) groups is 1. The molecule has 0 radical (unpaired) electrons. The molecule has 0 aromatic heterocycles. The van der Waals surface area contributed by atoms with Gasteiger partial charge in [-0.15, -0.1) is 0 Å². The van der Waals surface area contributed by atoms with E-state index in [0.29, 0.717) is 18.6 Å². The van der Waals surface area contributed by atoms with Crippen molar-refractivity contribution in [2.24, 2.45) is 0 Å². The first kappa shape index (κ1) is 21.0. The van der Waals surface area contributed by atoms with E-state index >= 15 is 0 Å². The predicted octanol–water partition coefficient (Wildman–Crippen LogP) is 6.74. The molecule has 0 heterocycles. The molecule has 0 saturated heterocycles. The summed E-state index contributed by atoms with van der Waals surface area (Å²) in [5, 5.41) is 9.61. The largest absolute Gasteiger partial charge is 0.493 e. The second-order valence-electron chi connectivity index (χ2n) is 7.01. The third-order valence-electron chi connectivity index (χ3n) is 4.82. The van der Waals surface area contributed by atoms with Crippen molar-refractivity contribution < 1.29 is 14.6 Å². The van der Waals surface area contributed by atoms with Crippen LogP contribution in [0.3, 0.4) is 0 Å². The van der Waals surface area contributed by atoms with Crippen molar-refractivity contribution in [3.63, 3.8) is 0 Å². The molecule has 27 heavy (non-hydrogen) atoms. The Morgan fingerprint density at radius 3 is 2.26 bits per heavy atom. The van der Waals surface area contributed by atoms with Gasteiger partial charge in [-0.25, -0.2) is 4.79 Å². The van der Waals surface area contributed by atoms with Crippen LogP contribution in [0.5, 0.6) is 5.75 Å². The lowest BCUT2D eigenvalue weighted by Crippen LogP contribution is -2.08. The van der Waals surface area contributed by atoms with Crippen molar-refractivity contribution in [3.8, 4) is 16.9 Å². The molecule has 0 spiro atoms. The third-order valence-corrected chi connectivity index (χ3v) is 4.82. The van der Waals surface area contributed by atoms with Crippen LogP contribution in [0.4, 0.5) is 0 Å². The van der Waals surface area contributed by atoms with E-state index in [1.165, 1.54) is 25.7 Å². The van der Waals surface area contributed by atoms with E-state index in [2.05, 4.69) is 13.8 Å². The van der Waals surface area contributed by atoms with Gasteiger partial charge in [0.05, 0.1) is 12.2 Å². The molecule has 0 fully saturated rings. The molecular formula is C24H32O3. The Morgan fingerprint density at radius 1 is 0.889 bits per heavy atom. The zero-order chi connectivity index (χ0) is 19.5. The normalized spacial score (nSPS) is 10.7. The monoisotopic (exact) mass is 368 g/mol. The van der Waals surface area contributed by atoms with E-state index in [-0.39, 0.29) is 0 Å². The minimum atomic E-state index is -0.887. The summed E-state index contributed by atoms with van der Waals surface area (Å²) < 4.78 is 6.21. The van der Waals surface area contributed by atoms with Crippen LogP contribution in [0.2, 0.25) is 0 Å². The first-order chi connectivity index (χ1) is 13.2. The van der Waals surface area contributed by atoms with E-state index < -0.39 is 5.97 Å². The van der Waals surface area contributed by atoms with Crippen LogP contribution in [-0.4, -0.2) is 17.7 Å². The van der Waals surface area contributed by atoms with Crippen molar-refractivity contribution in [3.05, 3.63) is 53.6 Å². The van der Waals surface area contributed by atoms with Crippen molar-refractivity contribution in [1.82, 2.24) is 0 Å². The van der Waals surface area contributed by atoms with Crippen LogP contribution in [0, 0.1) is 0 Å². The minimum absolute atomic E-state index is 0.356. The molecule has 2 aromatic carbocycles. The van der Waals surface area contributed by atoms with Crippen LogP contribution >= 0.6 is 0 Å². The van der Waals surface area contributed by atoms with Crippen LogP contribution in [0.25, 0.3) is 11.1 Å². The Kier molecular flexibility index (Phi) is 8.90. The van der Waals surface area contributed by atoms with Gasteiger partial charge < -0.3 is 9.84 Å². The van der Waals surface area contributed by atoms with Gasteiger partial charge in [0.25, 0.3) is 0 Å². The third kappa shape index (κ3) is 6.13. The van der Waals surface area contributed by atoms with Crippen LogP contribution in [0.15, 0.2) is 42.5 Å². The number of hydrogen-bond donors (Lipinski definition) is 1.